The van der Waals surface area contributed by atoms with Crippen LogP contribution in [0.1, 0.15) is 18.9 Å². The number of hydrogen-bond donors (Lipinski definition) is 2. The van der Waals surface area contributed by atoms with Crippen molar-refractivity contribution < 1.29 is 10.0 Å². The van der Waals surface area contributed by atoms with Gasteiger partial charge in [-0.15, -0.1) is 5.10 Å². The highest BCUT2D eigenvalue weighted by Gasteiger charge is 2.14. The van der Waals surface area contributed by atoms with Crippen LogP contribution in [0.4, 0.5) is 5.82 Å². The third-order valence-corrected chi connectivity index (χ3v) is 1.71. The van der Waals surface area contributed by atoms with Crippen LogP contribution in [0, 0.1) is 10.1 Å². The first-order valence-corrected chi connectivity index (χ1v) is 3.96. The quantitative estimate of drug-likeness (QED) is 0.531. The Kier molecular flexibility index (Phi) is 2.97. The van der Waals surface area contributed by atoms with Crippen LogP contribution in [0.25, 0.3) is 0 Å². The molecule has 0 saturated carbocycles. The standard InChI is InChI=1S/C7H11N3O3/c1-5(11)2-3-6-4-8-9-7(6)10(12)13/h4-5,11H,2-3H2,1H3,(H,8,9)/t5-/m1/s1. The van der Waals surface area contributed by atoms with E-state index in [1.807, 2.05) is 0 Å². The van der Waals surface area contributed by atoms with Crippen LogP contribution in [0.15, 0.2) is 6.20 Å². The molecule has 0 radical (unpaired) electrons. The first kappa shape index (κ1) is 9.66. The van der Waals surface area contributed by atoms with Gasteiger partial charge in [-0.2, -0.15) is 0 Å². The zero-order valence-electron chi connectivity index (χ0n) is 7.23. The molecule has 0 unspecified atom stereocenters. The van der Waals surface area contributed by atoms with Gasteiger partial charge >= 0.3 is 5.82 Å². The Hall–Kier alpha value is -1.43. The Labute approximate surface area is 74.7 Å². The normalized spacial score (nSPS) is 12.8. The minimum absolute atomic E-state index is 0.0827. The minimum atomic E-state index is -0.510. The summed E-state index contributed by atoms with van der Waals surface area (Å²) in [5.41, 5.74) is 0.533. The molecular weight excluding hydrogens is 174 g/mol. The number of aromatic nitrogens is 2. The molecule has 72 valence electrons. The van der Waals surface area contributed by atoms with E-state index in [0.29, 0.717) is 18.4 Å². The number of nitro groups is 1. The average molecular weight is 185 g/mol. The van der Waals surface area contributed by atoms with Crippen molar-refractivity contribution in [3.8, 4) is 0 Å². The van der Waals surface area contributed by atoms with Crippen LogP contribution in [0.2, 0.25) is 0 Å². The summed E-state index contributed by atoms with van der Waals surface area (Å²) in [5.74, 6) is -0.0827. The fourth-order valence-electron chi connectivity index (χ4n) is 1.01. The van der Waals surface area contributed by atoms with E-state index >= 15 is 0 Å². The maximum atomic E-state index is 10.4. The molecule has 0 amide bonds. The molecule has 1 aromatic heterocycles. The highest BCUT2D eigenvalue weighted by Crippen LogP contribution is 2.15. The van der Waals surface area contributed by atoms with Crippen LogP contribution in [-0.2, 0) is 6.42 Å². The topological polar surface area (TPSA) is 92.1 Å². The molecule has 2 N–H and O–H groups in total. The van der Waals surface area contributed by atoms with Crippen LogP contribution >= 0.6 is 0 Å². The highest BCUT2D eigenvalue weighted by molar-refractivity contribution is 5.29. The molecule has 0 bridgehead atoms. The summed E-state index contributed by atoms with van der Waals surface area (Å²) >= 11 is 0. The van der Waals surface area contributed by atoms with Crippen LogP contribution in [-0.4, -0.2) is 26.3 Å². The van der Waals surface area contributed by atoms with E-state index in [-0.39, 0.29) is 5.82 Å². The monoisotopic (exact) mass is 185 g/mol. The van der Waals surface area contributed by atoms with Gasteiger partial charge in [0, 0.05) is 0 Å². The van der Waals surface area contributed by atoms with Crippen molar-refractivity contribution in [1.82, 2.24) is 10.2 Å². The fraction of sp³-hybridized carbons (Fsp3) is 0.571. The molecule has 0 fully saturated rings. The van der Waals surface area contributed by atoms with Crippen molar-refractivity contribution in [2.45, 2.75) is 25.9 Å². The van der Waals surface area contributed by atoms with Gasteiger partial charge in [0.2, 0.25) is 0 Å². The fourth-order valence-corrected chi connectivity index (χ4v) is 1.01. The summed E-state index contributed by atoms with van der Waals surface area (Å²) < 4.78 is 0. The van der Waals surface area contributed by atoms with Gasteiger partial charge in [0.25, 0.3) is 0 Å². The third-order valence-electron chi connectivity index (χ3n) is 1.71. The first-order chi connectivity index (χ1) is 6.11. The van der Waals surface area contributed by atoms with Gasteiger partial charge in [-0.25, -0.2) is 0 Å². The summed E-state index contributed by atoms with van der Waals surface area (Å²) in [4.78, 5) is 9.89. The van der Waals surface area contributed by atoms with E-state index < -0.39 is 11.0 Å². The maximum Gasteiger partial charge on any atom is 0.345 e. The predicted octanol–water partition coefficient (Wildman–Crippen LogP) is 0.631. The number of rotatable bonds is 4. The van der Waals surface area contributed by atoms with Crippen molar-refractivity contribution in [2.24, 2.45) is 0 Å². The molecule has 13 heavy (non-hydrogen) atoms. The Bertz CT molecular complexity index is 295. The number of aliphatic hydroxyl groups excluding tert-OH is 1. The van der Waals surface area contributed by atoms with E-state index in [1.54, 1.807) is 6.92 Å². The lowest BCUT2D eigenvalue weighted by molar-refractivity contribution is -0.390. The van der Waals surface area contributed by atoms with Crippen molar-refractivity contribution in [2.75, 3.05) is 0 Å². The summed E-state index contributed by atoms with van der Waals surface area (Å²) in [6, 6.07) is 0. The number of hydrogen-bond acceptors (Lipinski definition) is 4. The molecule has 0 aliphatic rings. The van der Waals surface area contributed by atoms with Crippen LogP contribution in [0.3, 0.4) is 0 Å². The molecule has 6 nitrogen and oxygen atoms in total. The summed E-state index contributed by atoms with van der Waals surface area (Å²) in [6.45, 7) is 1.64. The van der Waals surface area contributed by atoms with Gasteiger partial charge in [-0.3, -0.25) is 0 Å². The lowest BCUT2D eigenvalue weighted by Gasteiger charge is -2.01. The second kappa shape index (κ2) is 3.99. The smallest absolute Gasteiger partial charge is 0.345 e. The Morgan fingerprint density at radius 3 is 3.08 bits per heavy atom. The third kappa shape index (κ3) is 2.51. The van der Waals surface area contributed by atoms with Crippen molar-refractivity contribution in [3.63, 3.8) is 0 Å². The summed E-state index contributed by atoms with van der Waals surface area (Å²) in [6.07, 6.45) is 1.93. The molecule has 0 aromatic carbocycles. The number of aliphatic hydroxyl groups is 1. The second-order valence-corrected chi connectivity index (χ2v) is 2.89. The molecule has 0 spiro atoms. The Balaban J connectivity index is 2.65. The average Bonchev–Trinajstić information content (AvgIpc) is 2.47. The van der Waals surface area contributed by atoms with Crippen molar-refractivity contribution in [1.29, 1.82) is 0 Å². The Morgan fingerprint density at radius 1 is 1.85 bits per heavy atom. The van der Waals surface area contributed by atoms with E-state index in [4.69, 9.17) is 5.11 Å². The van der Waals surface area contributed by atoms with E-state index in [1.165, 1.54) is 6.20 Å². The minimum Gasteiger partial charge on any atom is -0.393 e. The van der Waals surface area contributed by atoms with Gasteiger partial charge in [-0.1, -0.05) is 5.10 Å². The highest BCUT2D eigenvalue weighted by atomic mass is 16.6. The first-order valence-electron chi connectivity index (χ1n) is 3.96. The zero-order valence-corrected chi connectivity index (χ0v) is 7.23. The molecule has 0 saturated heterocycles. The van der Waals surface area contributed by atoms with Crippen molar-refractivity contribution in [3.05, 3.63) is 21.9 Å². The van der Waals surface area contributed by atoms with Crippen LogP contribution in [0.5, 0.6) is 0 Å². The molecule has 6 heteroatoms. The number of aryl methyl sites for hydroxylation is 1. The van der Waals surface area contributed by atoms with Crippen molar-refractivity contribution >= 4 is 5.82 Å². The predicted molar refractivity (Wildman–Crippen MR) is 45.2 cm³/mol. The number of nitrogens with one attached hydrogen (secondary N) is 1. The summed E-state index contributed by atoms with van der Waals surface area (Å²) in [5, 5.41) is 25.3. The van der Waals surface area contributed by atoms with Crippen LogP contribution < -0.4 is 0 Å². The maximum absolute atomic E-state index is 10.4. The zero-order chi connectivity index (χ0) is 9.84. The molecular formula is C7H11N3O3. The second-order valence-electron chi connectivity index (χ2n) is 2.89. The van der Waals surface area contributed by atoms with Gasteiger partial charge in [0.1, 0.15) is 0 Å². The molecule has 1 aromatic rings. The van der Waals surface area contributed by atoms with E-state index in [0.717, 1.165) is 0 Å². The Morgan fingerprint density at radius 2 is 2.54 bits per heavy atom. The van der Waals surface area contributed by atoms with Gasteiger partial charge in [0.15, 0.2) is 0 Å². The largest absolute Gasteiger partial charge is 0.393 e. The molecule has 1 heterocycles. The lowest BCUT2D eigenvalue weighted by Crippen LogP contribution is -2.02. The summed E-state index contributed by atoms with van der Waals surface area (Å²) in [7, 11) is 0. The molecule has 1 atom stereocenters. The van der Waals surface area contributed by atoms with Gasteiger partial charge in [-0.05, 0) is 24.7 Å². The number of aromatic amines is 1. The van der Waals surface area contributed by atoms with Gasteiger partial charge < -0.3 is 15.2 Å². The SMILES string of the molecule is C[C@@H](O)CCc1cn[nH]c1[N+](=O)[O-]. The molecule has 0 aliphatic heterocycles. The van der Waals surface area contributed by atoms with E-state index in [2.05, 4.69) is 10.2 Å². The number of nitrogens with zero attached hydrogens (tertiary/aromatic N) is 2. The van der Waals surface area contributed by atoms with Gasteiger partial charge in [0.05, 0.1) is 17.9 Å². The lowest BCUT2D eigenvalue weighted by atomic mass is 10.1. The number of H-pyrrole nitrogens is 1. The molecule has 0 aliphatic carbocycles. The van der Waals surface area contributed by atoms with E-state index in [9.17, 15) is 10.1 Å². The molecule has 1 rings (SSSR count).